The molecule has 0 aliphatic rings. The van der Waals surface area contributed by atoms with E-state index in [1.807, 2.05) is 0 Å². The van der Waals surface area contributed by atoms with Crippen molar-refractivity contribution < 1.29 is 0 Å². The van der Waals surface area contributed by atoms with E-state index < -0.39 is 0 Å². The van der Waals surface area contributed by atoms with Gasteiger partial charge in [0.1, 0.15) is 0 Å². The second-order valence-electron chi connectivity index (χ2n) is 5.71. The van der Waals surface area contributed by atoms with Crippen molar-refractivity contribution in [1.29, 1.82) is 0 Å². The Bertz CT molecular complexity index is 164. The molecule has 0 amide bonds. The van der Waals surface area contributed by atoms with Crippen molar-refractivity contribution in [2.75, 3.05) is 0 Å². The zero-order valence-electron chi connectivity index (χ0n) is 13.1. The van der Waals surface area contributed by atoms with Crippen molar-refractivity contribution in [2.24, 2.45) is 11.7 Å². The van der Waals surface area contributed by atoms with E-state index in [2.05, 4.69) is 27.7 Å². The van der Waals surface area contributed by atoms with E-state index in [0.29, 0.717) is 0 Å². The third kappa shape index (κ3) is 7.78. The predicted octanol–water partition coefficient (Wildman–Crippen LogP) is 5.86. The van der Waals surface area contributed by atoms with Gasteiger partial charge in [-0.05, 0) is 31.6 Å². The summed E-state index contributed by atoms with van der Waals surface area (Å²) in [5.41, 5.74) is 6.85. The Morgan fingerprint density at radius 1 is 0.778 bits per heavy atom. The molecule has 0 aliphatic heterocycles. The van der Waals surface area contributed by atoms with Gasteiger partial charge in [0.15, 0.2) is 0 Å². The molecule has 1 unspecified atom stereocenters. The Balaban J connectivity index is 0. The lowest BCUT2D eigenvalue weighted by Gasteiger charge is -2.38. The lowest BCUT2D eigenvalue weighted by Crippen LogP contribution is -2.47. The first-order chi connectivity index (χ1) is 8.14. The number of nitrogens with two attached hydrogens (primary N) is 1. The molecule has 0 aromatic rings. The molecular weight excluding hydrogens is 286 g/mol. The summed E-state index contributed by atoms with van der Waals surface area (Å²) in [5.74, 6) is 0.749. The van der Waals surface area contributed by atoms with Gasteiger partial charge in [-0.25, -0.2) is 0 Å². The fraction of sp³-hybridized carbons (Fsp3) is 1.00. The molecule has 0 aromatic heterocycles. The highest BCUT2D eigenvalue weighted by atomic mass is 79.9. The fourth-order valence-electron chi connectivity index (χ4n) is 3.17. The van der Waals surface area contributed by atoms with Gasteiger partial charge in [0.2, 0.25) is 0 Å². The first kappa shape index (κ1) is 20.8. The number of halogens is 1. The van der Waals surface area contributed by atoms with Gasteiger partial charge in [-0.2, -0.15) is 0 Å². The molecule has 0 rings (SSSR count). The third-order valence-corrected chi connectivity index (χ3v) is 4.04. The Morgan fingerprint density at radius 2 is 1.33 bits per heavy atom. The van der Waals surface area contributed by atoms with Gasteiger partial charge in [0, 0.05) is 5.54 Å². The van der Waals surface area contributed by atoms with E-state index in [1.165, 1.54) is 64.2 Å². The molecule has 2 N–H and O–H groups in total. The topological polar surface area (TPSA) is 26.0 Å². The monoisotopic (exact) mass is 321 g/mol. The summed E-state index contributed by atoms with van der Waals surface area (Å²) in [4.78, 5) is 0. The summed E-state index contributed by atoms with van der Waals surface area (Å²) in [7, 11) is 0. The highest BCUT2D eigenvalue weighted by Gasteiger charge is 2.31. The number of unbranched alkanes of at least 4 members (excludes halogenated alkanes) is 2. The smallest absolute Gasteiger partial charge is 0.0182 e. The maximum Gasteiger partial charge on any atom is 0.0182 e. The molecule has 0 radical (unpaired) electrons. The van der Waals surface area contributed by atoms with Crippen molar-refractivity contribution in [3.8, 4) is 0 Å². The largest absolute Gasteiger partial charge is 0.325 e. The first-order valence-corrected chi connectivity index (χ1v) is 7.93. The van der Waals surface area contributed by atoms with Crippen LogP contribution in [-0.2, 0) is 0 Å². The zero-order valence-corrected chi connectivity index (χ0v) is 14.8. The summed E-state index contributed by atoms with van der Waals surface area (Å²) in [6, 6.07) is 0. The molecule has 0 aliphatic carbocycles. The van der Waals surface area contributed by atoms with E-state index in [4.69, 9.17) is 5.73 Å². The van der Waals surface area contributed by atoms with Gasteiger partial charge >= 0.3 is 0 Å². The maximum atomic E-state index is 6.73. The van der Waals surface area contributed by atoms with Crippen LogP contribution < -0.4 is 5.73 Å². The Labute approximate surface area is 126 Å². The minimum Gasteiger partial charge on any atom is -0.325 e. The Hall–Kier alpha value is 0.440. The second kappa shape index (κ2) is 12.5. The van der Waals surface area contributed by atoms with Crippen LogP contribution in [0, 0.1) is 5.92 Å². The van der Waals surface area contributed by atoms with Crippen molar-refractivity contribution in [1.82, 2.24) is 0 Å². The normalized spacial score (nSPS) is 13.2. The van der Waals surface area contributed by atoms with Gasteiger partial charge in [0.05, 0.1) is 0 Å². The lowest BCUT2D eigenvalue weighted by atomic mass is 9.73. The molecule has 2 heteroatoms. The van der Waals surface area contributed by atoms with Crippen LogP contribution in [0.15, 0.2) is 0 Å². The molecule has 0 spiro atoms. The van der Waals surface area contributed by atoms with Crippen molar-refractivity contribution in [3.05, 3.63) is 0 Å². The summed E-state index contributed by atoms with van der Waals surface area (Å²) in [5, 5.41) is 0. The van der Waals surface area contributed by atoms with Crippen LogP contribution in [0.3, 0.4) is 0 Å². The molecule has 0 saturated heterocycles. The van der Waals surface area contributed by atoms with Crippen LogP contribution in [0.2, 0.25) is 0 Å². The molecule has 0 aromatic carbocycles. The van der Waals surface area contributed by atoms with E-state index in [-0.39, 0.29) is 22.5 Å². The van der Waals surface area contributed by atoms with Crippen LogP contribution >= 0.6 is 17.0 Å². The average molecular weight is 322 g/mol. The van der Waals surface area contributed by atoms with Crippen LogP contribution in [0.25, 0.3) is 0 Å². The summed E-state index contributed by atoms with van der Waals surface area (Å²) in [6.45, 7) is 9.12. The van der Waals surface area contributed by atoms with Gasteiger partial charge in [-0.3, -0.25) is 0 Å². The molecule has 0 fully saturated rings. The quantitative estimate of drug-likeness (QED) is 0.474. The van der Waals surface area contributed by atoms with E-state index in [9.17, 15) is 0 Å². The average Bonchev–Trinajstić information content (AvgIpc) is 2.29. The number of rotatable bonds is 11. The van der Waals surface area contributed by atoms with Crippen LogP contribution in [0.5, 0.6) is 0 Å². The maximum absolute atomic E-state index is 6.73. The minimum absolute atomic E-state index is 0. The van der Waals surface area contributed by atoms with Crippen molar-refractivity contribution in [3.63, 3.8) is 0 Å². The zero-order chi connectivity index (χ0) is 13.1. The Kier molecular flexibility index (Phi) is 14.4. The van der Waals surface area contributed by atoms with Crippen LogP contribution in [0.1, 0.15) is 91.9 Å². The third-order valence-electron chi connectivity index (χ3n) is 4.04. The second-order valence-corrected chi connectivity index (χ2v) is 5.71. The van der Waals surface area contributed by atoms with Crippen molar-refractivity contribution >= 4 is 17.0 Å². The fourth-order valence-corrected chi connectivity index (χ4v) is 3.17. The summed E-state index contributed by atoms with van der Waals surface area (Å²) in [6.07, 6.45) is 12.9. The molecule has 1 atom stereocenters. The Morgan fingerprint density at radius 3 is 1.72 bits per heavy atom. The van der Waals surface area contributed by atoms with Crippen molar-refractivity contribution in [2.45, 2.75) is 97.4 Å². The number of hydrogen-bond acceptors (Lipinski definition) is 1. The molecule has 0 heterocycles. The van der Waals surface area contributed by atoms with E-state index >= 15 is 0 Å². The van der Waals surface area contributed by atoms with Gasteiger partial charge in [-0.15, -0.1) is 17.0 Å². The molecule has 1 nitrogen and oxygen atoms in total. The highest BCUT2D eigenvalue weighted by Crippen LogP contribution is 2.33. The lowest BCUT2D eigenvalue weighted by molar-refractivity contribution is 0.200. The van der Waals surface area contributed by atoms with E-state index in [1.54, 1.807) is 0 Å². The molecule has 112 valence electrons. The standard InChI is InChI=1S/C16H35N.BrH/c1-5-9-10-12-15(11-6-2)16(17,13-7-3)14-8-4;/h15H,5-14,17H2,1-4H3;1H. The van der Waals surface area contributed by atoms with Gasteiger partial charge in [0.25, 0.3) is 0 Å². The van der Waals surface area contributed by atoms with Gasteiger partial charge < -0.3 is 5.73 Å². The molecular formula is C16H36BrN. The van der Waals surface area contributed by atoms with Gasteiger partial charge in [-0.1, -0.05) is 66.2 Å². The highest BCUT2D eigenvalue weighted by molar-refractivity contribution is 8.93. The first-order valence-electron chi connectivity index (χ1n) is 7.93. The summed E-state index contributed by atoms with van der Waals surface area (Å²) < 4.78 is 0. The molecule has 0 bridgehead atoms. The summed E-state index contributed by atoms with van der Waals surface area (Å²) >= 11 is 0. The molecule has 0 saturated carbocycles. The molecule has 18 heavy (non-hydrogen) atoms. The van der Waals surface area contributed by atoms with Crippen LogP contribution in [0.4, 0.5) is 0 Å². The SMILES string of the molecule is Br.CCCCCC(CCC)C(N)(CCC)CCC. The van der Waals surface area contributed by atoms with Crippen LogP contribution in [-0.4, -0.2) is 5.54 Å². The predicted molar refractivity (Wildman–Crippen MR) is 89.6 cm³/mol. The number of hydrogen-bond donors (Lipinski definition) is 1. The van der Waals surface area contributed by atoms with E-state index in [0.717, 1.165) is 5.92 Å². The minimum atomic E-state index is 0.